The summed E-state index contributed by atoms with van der Waals surface area (Å²) >= 11 is 0. The third-order valence-electron chi connectivity index (χ3n) is 4.34. The van der Waals surface area contributed by atoms with Gasteiger partial charge in [-0.25, -0.2) is 4.79 Å². The van der Waals surface area contributed by atoms with Crippen LogP contribution >= 0.6 is 0 Å². The first-order valence-corrected chi connectivity index (χ1v) is 7.66. The van der Waals surface area contributed by atoms with E-state index in [1.807, 2.05) is 31.2 Å². The summed E-state index contributed by atoms with van der Waals surface area (Å²) in [5.74, 6) is 0.140. The largest absolute Gasteiger partial charge is 0.483 e. The average molecular weight is 317 g/mol. The number of carbonyl (C=O) groups excluding carboxylic acids is 3. The summed E-state index contributed by atoms with van der Waals surface area (Å²) in [5, 5.41) is 4.85. The Labute approximate surface area is 134 Å². The fraction of sp³-hybridized carbons (Fsp3) is 0.438. The monoisotopic (exact) mass is 317 g/mol. The van der Waals surface area contributed by atoms with Gasteiger partial charge in [0.2, 0.25) is 0 Å². The molecule has 2 fully saturated rings. The first-order chi connectivity index (χ1) is 11.0. The minimum absolute atomic E-state index is 0.0807. The zero-order valence-corrected chi connectivity index (χ0v) is 12.9. The van der Waals surface area contributed by atoms with E-state index in [2.05, 4.69) is 10.6 Å². The molecule has 1 unspecified atom stereocenters. The van der Waals surface area contributed by atoms with Crippen LogP contribution < -0.4 is 15.4 Å². The van der Waals surface area contributed by atoms with Crippen LogP contribution in [0.3, 0.4) is 0 Å². The van der Waals surface area contributed by atoms with Crippen LogP contribution in [0.15, 0.2) is 24.3 Å². The second-order valence-corrected chi connectivity index (χ2v) is 5.81. The predicted octanol–water partition coefficient (Wildman–Crippen LogP) is 0.438. The van der Waals surface area contributed by atoms with Gasteiger partial charge in [-0.2, -0.15) is 0 Å². The molecule has 1 spiro atoms. The van der Waals surface area contributed by atoms with E-state index in [0.29, 0.717) is 18.7 Å². The van der Waals surface area contributed by atoms with Gasteiger partial charge in [0.1, 0.15) is 11.3 Å². The molecule has 2 saturated heterocycles. The molecule has 1 aromatic carbocycles. The number of ether oxygens (including phenoxy) is 1. The van der Waals surface area contributed by atoms with Crippen molar-refractivity contribution in [1.29, 1.82) is 0 Å². The number of rotatable bonds is 4. The van der Waals surface area contributed by atoms with Gasteiger partial charge in [-0.05, 0) is 24.5 Å². The second kappa shape index (κ2) is 5.91. The lowest BCUT2D eigenvalue weighted by Crippen LogP contribution is -2.50. The first-order valence-electron chi connectivity index (χ1n) is 7.66. The SMILES string of the molecule is CCc1ccccc1OCC(=O)N1CCC2(C1)NC(=O)NC2=O. The molecular formula is C16H19N3O4. The first kappa shape index (κ1) is 15.3. The van der Waals surface area contributed by atoms with E-state index in [1.165, 1.54) is 0 Å². The van der Waals surface area contributed by atoms with Gasteiger partial charge in [-0.3, -0.25) is 14.9 Å². The molecule has 122 valence electrons. The maximum absolute atomic E-state index is 12.3. The average Bonchev–Trinajstić information content (AvgIpc) is 3.09. The zero-order valence-electron chi connectivity index (χ0n) is 12.9. The maximum Gasteiger partial charge on any atom is 0.322 e. The molecule has 3 rings (SSSR count). The Morgan fingerprint density at radius 1 is 1.35 bits per heavy atom. The molecule has 1 aromatic rings. The standard InChI is InChI=1S/C16H19N3O4/c1-2-11-5-3-4-6-12(11)23-9-13(20)19-8-7-16(10-19)14(21)17-15(22)18-16/h3-6H,2,7-10H2,1H3,(H2,17,18,21,22). The van der Waals surface area contributed by atoms with Crippen molar-refractivity contribution in [2.24, 2.45) is 0 Å². The Kier molecular flexibility index (Phi) is 3.94. The van der Waals surface area contributed by atoms with Gasteiger partial charge >= 0.3 is 6.03 Å². The summed E-state index contributed by atoms with van der Waals surface area (Å²) in [6.07, 6.45) is 1.24. The molecule has 23 heavy (non-hydrogen) atoms. The van der Waals surface area contributed by atoms with Crippen LogP contribution in [0.25, 0.3) is 0 Å². The van der Waals surface area contributed by atoms with Crippen molar-refractivity contribution >= 4 is 17.8 Å². The number of urea groups is 1. The number of imide groups is 1. The van der Waals surface area contributed by atoms with Gasteiger partial charge in [0.15, 0.2) is 6.61 Å². The molecule has 0 aromatic heterocycles. The predicted molar refractivity (Wildman–Crippen MR) is 81.9 cm³/mol. The molecule has 2 aliphatic rings. The zero-order chi connectivity index (χ0) is 16.4. The van der Waals surface area contributed by atoms with Crippen molar-refractivity contribution in [2.45, 2.75) is 25.3 Å². The maximum atomic E-state index is 12.3. The normalized spacial score (nSPS) is 23.1. The molecule has 0 saturated carbocycles. The van der Waals surface area contributed by atoms with Crippen LogP contribution in [0.4, 0.5) is 4.79 Å². The fourth-order valence-corrected chi connectivity index (χ4v) is 3.01. The van der Waals surface area contributed by atoms with Gasteiger partial charge in [-0.1, -0.05) is 25.1 Å². The molecule has 7 heteroatoms. The van der Waals surface area contributed by atoms with E-state index in [0.717, 1.165) is 12.0 Å². The second-order valence-electron chi connectivity index (χ2n) is 5.81. The molecule has 2 heterocycles. The van der Waals surface area contributed by atoms with Crippen molar-refractivity contribution in [1.82, 2.24) is 15.5 Å². The summed E-state index contributed by atoms with van der Waals surface area (Å²) in [5.41, 5.74) is 0.0641. The van der Waals surface area contributed by atoms with E-state index in [4.69, 9.17) is 4.74 Å². The quantitative estimate of drug-likeness (QED) is 0.789. The molecular weight excluding hydrogens is 298 g/mol. The Morgan fingerprint density at radius 2 is 2.13 bits per heavy atom. The van der Waals surface area contributed by atoms with Gasteiger partial charge in [0.25, 0.3) is 11.8 Å². The van der Waals surface area contributed by atoms with Crippen molar-refractivity contribution < 1.29 is 19.1 Å². The van der Waals surface area contributed by atoms with Crippen LogP contribution in [-0.4, -0.2) is 48.0 Å². The molecule has 1 atom stereocenters. The van der Waals surface area contributed by atoms with Crippen molar-refractivity contribution in [3.05, 3.63) is 29.8 Å². The van der Waals surface area contributed by atoms with Crippen LogP contribution in [0, 0.1) is 0 Å². The number of aryl methyl sites for hydroxylation is 1. The minimum atomic E-state index is -0.978. The van der Waals surface area contributed by atoms with Gasteiger partial charge in [-0.15, -0.1) is 0 Å². The summed E-state index contributed by atoms with van der Waals surface area (Å²) in [7, 11) is 0. The molecule has 4 amide bonds. The Bertz CT molecular complexity index is 660. The van der Waals surface area contributed by atoms with E-state index in [-0.39, 0.29) is 25.0 Å². The number of amides is 4. The summed E-state index contributed by atoms with van der Waals surface area (Å²) < 4.78 is 5.62. The van der Waals surface area contributed by atoms with Gasteiger partial charge in [0.05, 0.1) is 6.54 Å². The van der Waals surface area contributed by atoms with E-state index >= 15 is 0 Å². The number of nitrogens with one attached hydrogen (secondary N) is 2. The highest BCUT2D eigenvalue weighted by Crippen LogP contribution is 2.25. The summed E-state index contributed by atoms with van der Waals surface area (Å²) in [6, 6.07) is 7.09. The van der Waals surface area contributed by atoms with Crippen LogP contribution in [0.1, 0.15) is 18.9 Å². The Hall–Kier alpha value is -2.57. The molecule has 2 aliphatic heterocycles. The van der Waals surface area contributed by atoms with E-state index < -0.39 is 11.6 Å². The number of likely N-dealkylation sites (tertiary alicyclic amines) is 1. The number of nitrogens with zero attached hydrogens (tertiary/aromatic N) is 1. The van der Waals surface area contributed by atoms with Crippen molar-refractivity contribution in [3.63, 3.8) is 0 Å². The molecule has 7 nitrogen and oxygen atoms in total. The number of benzene rings is 1. The summed E-state index contributed by atoms with van der Waals surface area (Å²) in [6.45, 7) is 2.55. The smallest absolute Gasteiger partial charge is 0.322 e. The lowest BCUT2D eigenvalue weighted by atomic mass is 10.00. The minimum Gasteiger partial charge on any atom is -0.483 e. The fourth-order valence-electron chi connectivity index (χ4n) is 3.01. The molecule has 0 aliphatic carbocycles. The lowest BCUT2D eigenvalue weighted by molar-refractivity contribution is -0.132. The number of hydrogen-bond acceptors (Lipinski definition) is 4. The lowest BCUT2D eigenvalue weighted by Gasteiger charge is -2.21. The van der Waals surface area contributed by atoms with Crippen molar-refractivity contribution in [3.8, 4) is 5.75 Å². The third kappa shape index (κ3) is 2.86. The highest BCUT2D eigenvalue weighted by Gasteiger charge is 2.51. The number of para-hydroxylation sites is 1. The topological polar surface area (TPSA) is 87.7 Å². The van der Waals surface area contributed by atoms with Gasteiger partial charge < -0.3 is 15.0 Å². The Morgan fingerprint density at radius 3 is 2.83 bits per heavy atom. The Balaban J connectivity index is 1.60. The summed E-state index contributed by atoms with van der Waals surface area (Å²) in [4.78, 5) is 37.0. The number of hydrogen-bond donors (Lipinski definition) is 2. The van der Waals surface area contributed by atoms with Crippen LogP contribution in [-0.2, 0) is 16.0 Å². The van der Waals surface area contributed by atoms with Crippen molar-refractivity contribution in [2.75, 3.05) is 19.7 Å². The highest BCUT2D eigenvalue weighted by molar-refractivity contribution is 6.07. The molecule has 2 N–H and O–H groups in total. The molecule has 0 radical (unpaired) electrons. The van der Waals surface area contributed by atoms with Crippen LogP contribution in [0.2, 0.25) is 0 Å². The van der Waals surface area contributed by atoms with E-state index in [9.17, 15) is 14.4 Å². The number of carbonyl (C=O) groups is 3. The molecule has 0 bridgehead atoms. The van der Waals surface area contributed by atoms with Gasteiger partial charge in [0, 0.05) is 6.54 Å². The van der Waals surface area contributed by atoms with E-state index in [1.54, 1.807) is 4.90 Å². The van der Waals surface area contributed by atoms with Crippen LogP contribution in [0.5, 0.6) is 5.75 Å². The highest BCUT2D eigenvalue weighted by atomic mass is 16.5. The third-order valence-corrected chi connectivity index (χ3v) is 4.34.